The van der Waals surface area contributed by atoms with E-state index in [2.05, 4.69) is 26.6 Å². The Hall–Kier alpha value is -2.99. The lowest BCUT2D eigenvalue weighted by atomic mass is 10.1. The van der Waals surface area contributed by atoms with Crippen molar-refractivity contribution in [3.8, 4) is 0 Å². The highest BCUT2D eigenvalue weighted by Crippen LogP contribution is 2.21. The first kappa shape index (κ1) is 18.8. The number of para-hydroxylation sites is 1. The highest BCUT2D eigenvalue weighted by atomic mass is 79.9. The Balaban J connectivity index is 1.84. The molecule has 0 fully saturated rings. The van der Waals surface area contributed by atoms with E-state index in [1.54, 1.807) is 30.3 Å². The van der Waals surface area contributed by atoms with Crippen molar-refractivity contribution in [1.29, 1.82) is 0 Å². The maximum absolute atomic E-state index is 13.9. The van der Waals surface area contributed by atoms with E-state index in [-0.39, 0.29) is 17.0 Å². The second-order valence-electron chi connectivity index (χ2n) is 5.95. The molecule has 0 atom stereocenters. The van der Waals surface area contributed by atoms with E-state index in [0.29, 0.717) is 15.8 Å². The van der Waals surface area contributed by atoms with Crippen molar-refractivity contribution in [3.05, 3.63) is 93.7 Å². The van der Waals surface area contributed by atoms with Crippen LogP contribution < -0.4 is 10.6 Å². The van der Waals surface area contributed by atoms with Crippen molar-refractivity contribution < 1.29 is 14.0 Å². The van der Waals surface area contributed by atoms with Crippen molar-refractivity contribution in [2.75, 3.05) is 10.6 Å². The van der Waals surface area contributed by atoms with Crippen LogP contribution in [0.2, 0.25) is 0 Å². The van der Waals surface area contributed by atoms with Crippen LogP contribution in [0.1, 0.15) is 26.3 Å². The number of carbonyl (C=O) groups excluding carboxylic acids is 2. The quantitative estimate of drug-likeness (QED) is 0.586. The first-order valence-corrected chi connectivity index (χ1v) is 8.97. The van der Waals surface area contributed by atoms with Gasteiger partial charge in [0.1, 0.15) is 5.82 Å². The Kier molecular flexibility index (Phi) is 5.66. The Morgan fingerprint density at radius 3 is 2.37 bits per heavy atom. The molecule has 3 aromatic carbocycles. The summed E-state index contributed by atoms with van der Waals surface area (Å²) in [5.41, 5.74) is 2.13. The van der Waals surface area contributed by atoms with E-state index in [4.69, 9.17) is 0 Å². The fourth-order valence-electron chi connectivity index (χ4n) is 2.57. The predicted octanol–water partition coefficient (Wildman–Crippen LogP) is 5.40. The number of rotatable bonds is 4. The average molecular weight is 427 g/mol. The average Bonchev–Trinajstić information content (AvgIpc) is 2.64. The summed E-state index contributed by atoms with van der Waals surface area (Å²) in [6, 6.07) is 18.1. The summed E-state index contributed by atoms with van der Waals surface area (Å²) >= 11 is 3.22. The van der Waals surface area contributed by atoms with Crippen LogP contribution in [-0.2, 0) is 0 Å². The van der Waals surface area contributed by atoms with Gasteiger partial charge in [0.15, 0.2) is 0 Å². The molecule has 0 aliphatic rings. The highest BCUT2D eigenvalue weighted by molar-refractivity contribution is 9.10. The van der Waals surface area contributed by atoms with Crippen LogP contribution in [0.5, 0.6) is 0 Å². The van der Waals surface area contributed by atoms with Crippen LogP contribution >= 0.6 is 15.9 Å². The first-order chi connectivity index (χ1) is 12.9. The van der Waals surface area contributed by atoms with Gasteiger partial charge in [0.2, 0.25) is 0 Å². The summed E-state index contributed by atoms with van der Waals surface area (Å²) in [6.07, 6.45) is 0. The molecule has 0 heterocycles. The number of hydrogen-bond acceptors (Lipinski definition) is 2. The minimum Gasteiger partial charge on any atom is -0.322 e. The Labute approximate surface area is 164 Å². The molecule has 0 saturated carbocycles. The van der Waals surface area contributed by atoms with Crippen molar-refractivity contribution in [3.63, 3.8) is 0 Å². The number of hydrogen-bond donors (Lipinski definition) is 2. The largest absolute Gasteiger partial charge is 0.322 e. The molecule has 0 unspecified atom stereocenters. The molecule has 0 spiro atoms. The third-order valence-corrected chi connectivity index (χ3v) is 4.36. The fourth-order valence-corrected chi connectivity index (χ4v) is 2.93. The number of anilines is 2. The summed E-state index contributed by atoms with van der Waals surface area (Å²) in [7, 11) is 0. The monoisotopic (exact) mass is 426 g/mol. The first-order valence-electron chi connectivity index (χ1n) is 8.17. The van der Waals surface area contributed by atoms with E-state index in [1.807, 2.05) is 25.1 Å². The number of benzene rings is 3. The second kappa shape index (κ2) is 8.14. The number of nitrogens with one attached hydrogen (secondary N) is 2. The SMILES string of the molecule is Cc1cccc(NC(=O)c2ccccc2NC(=O)c2cc(Br)ccc2F)c1. The molecule has 2 amide bonds. The van der Waals surface area contributed by atoms with E-state index < -0.39 is 11.7 Å². The lowest BCUT2D eigenvalue weighted by Gasteiger charge is -2.12. The summed E-state index contributed by atoms with van der Waals surface area (Å²) in [6.45, 7) is 1.93. The molecule has 3 rings (SSSR count). The van der Waals surface area contributed by atoms with Gasteiger partial charge >= 0.3 is 0 Å². The summed E-state index contributed by atoms with van der Waals surface area (Å²) in [5, 5.41) is 5.41. The minimum atomic E-state index is -0.641. The summed E-state index contributed by atoms with van der Waals surface area (Å²) in [5.74, 6) is -1.65. The van der Waals surface area contributed by atoms with Crippen LogP contribution in [0.15, 0.2) is 71.2 Å². The number of carbonyl (C=O) groups is 2. The molecule has 27 heavy (non-hydrogen) atoms. The van der Waals surface area contributed by atoms with E-state index >= 15 is 0 Å². The minimum absolute atomic E-state index is 0.113. The molecule has 0 aliphatic heterocycles. The normalized spacial score (nSPS) is 10.3. The third-order valence-electron chi connectivity index (χ3n) is 3.87. The maximum Gasteiger partial charge on any atom is 0.258 e. The third kappa shape index (κ3) is 4.60. The zero-order valence-corrected chi connectivity index (χ0v) is 16.0. The molecule has 3 aromatic rings. The lowest BCUT2D eigenvalue weighted by Crippen LogP contribution is -2.19. The van der Waals surface area contributed by atoms with Crippen molar-refractivity contribution >= 4 is 39.1 Å². The van der Waals surface area contributed by atoms with E-state index in [0.717, 1.165) is 5.56 Å². The molecule has 6 heteroatoms. The zero-order valence-electron chi connectivity index (χ0n) is 14.4. The molecular formula is C21H16BrFN2O2. The second-order valence-corrected chi connectivity index (χ2v) is 6.86. The van der Waals surface area contributed by atoms with Crippen molar-refractivity contribution in [1.82, 2.24) is 0 Å². The van der Waals surface area contributed by atoms with Crippen LogP contribution in [0.4, 0.5) is 15.8 Å². The standard InChI is InChI=1S/C21H16BrFN2O2/c1-13-5-4-6-15(11-13)24-20(26)16-7-2-3-8-19(16)25-21(27)17-12-14(22)9-10-18(17)23/h2-12H,1H3,(H,24,26)(H,25,27). The molecule has 2 N–H and O–H groups in total. The predicted molar refractivity (Wildman–Crippen MR) is 108 cm³/mol. The highest BCUT2D eigenvalue weighted by Gasteiger charge is 2.17. The van der Waals surface area contributed by atoms with Gasteiger partial charge in [0.05, 0.1) is 16.8 Å². The van der Waals surface area contributed by atoms with Crippen molar-refractivity contribution in [2.24, 2.45) is 0 Å². The summed E-state index contributed by atoms with van der Waals surface area (Å²) < 4.78 is 14.5. The number of amides is 2. The van der Waals surface area contributed by atoms with Gasteiger partial charge in [-0.2, -0.15) is 0 Å². The molecular weight excluding hydrogens is 411 g/mol. The maximum atomic E-state index is 13.9. The lowest BCUT2D eigenvalue weighted by molar-refractivity contribution is 0.102. The number of halogens is 2. The van der Waals surface area contributed by atoms with E-state index in [9.17, 15) is 14.0 Å². The number of aryl methyl sites for hydroxylation is 1. The Morgan fingerprint density at radius 1 is 0.852 bits per heavy atom. The molecule has 4 nitrogen and oxygen atoms in total. The van der Waals surface area contributed by atoms with Crippen LogP contribution in [-0.4, -0.2) is 11.8 Å². The molecule has 0 aromatic heterocycles. The van der Waals surface area contributed by atoms with E-state index in [1.165, 1.54) is 18.2 Å². The van der Waals surface area contributed by atoms with Crippen LogP contribution in [0, 0.1) is 12.7 Å². The summed E-state index contributed by atoms with van der Waals surface area (Å²) in [4.78, 5) is 25.1. The van der Waals surface area contributed by atoms with Gasteiger partial charge in [-0.05, 0) is 55.0 Å². The molecule has 0 aliphatic carbocycles. The zero-order chi connectivity index (χ0) is 19.4. The Bertz CT molecular complexity index is 1020. The van der Waals surface area contributed by atoms with Gasteiger partial charge in [-0.15, -0.1) is 0 Å². The van der Waals surface area contributed by atoms with Gasteiger partial charge in [-0.25, -0.2) is 4.39 Å². The van der Waals surface area contributed by atoms with Crippen molar-refractivity contribution in [2.45, 2.75) is 6.92 Å². The van der Waals surface area contributed by atoms with Gasteiger partial charge in [-0.3, -0.25) is 9.59 Å². The molecule has 0 radical (unpaired) electrons. The molecule has 0 bridgehead atoms. The van der Waals surface area contributed by atoms with Crippen LogP contribution in [0.3, 0.4) is 0 Å². The van der Waals surface area contributed by atoms with Gasteiger partial charge in [-0.1, -0.05) is 40.2 Å². The van der Waals surface area contributed by atoms with Gasteiger partial charge in [0.25, 0.3) is 11.8 Å². The van der Waals surface area contributed by atoms with Gasteiger partial charge < -0.3 is 10.6 Å². The fraction of sp³-hybridized carbons (Fsp3) is 0.0476. The smallest absolute Gasteiger partial charge is 0.258 e. The topological polar surface area (TPSA) is 58.2 Å². The van der Waals surface area contributed by atoms with Gasteiger partial charge in [0, 0.05) is 10.2 Å². The molecule has 136 valence electrons. The Morgan fingerprint density at radius 2 is 1.59 bits per heavy atom. The molecule has 0 saturated heterocycles. The van der Waals surface area contributed by atoms with Crippen LogP contribution in [0.25, 0.3) is 0 Å².